The van der Waals surface area contributed by atoms with Crippen molar-refractivity contribution in [2.24, 2.45) is 10.4 Å². The molecule has 1 aliphatic rings. The second-order valence-corrected chi connectivity index (χ2v) is 9.58. The topological polar surface area (TPSA) is 119 Å². The molecule has 0 bridgehead atoms. The van der Waals surface area contributed by atoms with Crippen molar-refractivity contribution in [1.29, 1.82) is 0 Å². The average molecular weight is 499 g/mol. The average Bonchev–Trinajstić information content (AvgIpc) is 3.58. The highest BCUT2D eigenvalue weighted by Gasteiger charge is 2.51. The number of aromatic amines is 1. The minimum Gasteiger partial charge on any atom is -0.489 e. The summed E-state index contributed by atoms with van der Waals surface area (Å²) in [6, 6.07) is 12.6. The standard InChI is InChI=1S/C25H27ClN4O5/c1-15(2)35-20-9-8-18(12-19(20)26)27-22-28-23(33)30(14-25(10-11-25)21(31)32)24(34)29(22)13-17-6-4-16(3)5-7-17/h4-9,12,15H,10-11,13-14H2,1-3H3,(H,31,32)(H,27,28,33). The molecule has 9 nitrogen and oxygen atoms in total. The van der Waals surface area contributed by atoms with Crippen LogP contribution in [0.3, 0.4) is 0 Å². The van der Waals surface area contributed by atoms with Crippen molar-refractivity contribution < 1.29 is 14.6 Å². The van der Waals surface area contributed by atoms with Crippen molar-refractivity contribution in [3.05, 3.63) is 85.2 Å². The first-order valence-corrected chi connectivity index (χ1v) is 11.7. The van der Waals surface area contributed by atoms with Crippen LogP contribution in [0.15, 0.2) is 57.0 Å². The fourth-order valence-electron chi connectivity index (χ4n) is 3.72. The summed E-state index contributed by atoms with van der Waals surface area (Å²) < 4.78 is 7.93. The van der Waals surface area contributed by atoms with Gasteiger partial charge in [-0.2, -0.15) is 0 Å². The molecule has 35 heavy (non-hydrogen) atoms. The number of nitrogens with zero attached hydrogens (tertiary/aromatic N) is 3. The Morgan fingerprint density at radius 1 is 1.17 bits per heavy atom. The van der Waals surface area contributed by atoms with Crippen LogP contribution in [0.5, 0.6) is 5.75 Å². The molecule has 1 aromatic heterocycles. The van der Waals surface area contributed by atoms with Crippen molar-refractivity contribution in [1.82, 2.24) is 14.1 Å². The number of hydrogen-bond donors (Lipinski definition) is 2. The van der Waals surface area contributed by atoms with Gasteiger partial charge in [0.15, 0.2) is 0 Å². The van der Waals surface area contributed by atoms with E-state index in [1.165, 1.54) is 4.57 Å². The highest BCUT2D eigenvalue weighted by atomic mass is 35.5. The largest absolute Gasteiger partial charge is 0.489 e. The van der Waals surface area contributed by atoms with Gasteiger partial charge in [0, 0.05) is 6.54 Å². The van der Waals surface area contributed by atoms with Gasteiger partial charge >= 0.3 is 17.3 Å². The van der Waals surface area contributed by atoms with Crippen molar-refractivity contribution in [3.8, 4) is 5.75 Å². The van der Waals surface area contributed by atoms with Crippen LogP contribution < -0.4 is 21.7 Å². The van der Waals surface area contributed by atoms with Crippen LogP contribution in [0, 0.1) is 12.3 Å². The van der Waals surface area contributed by atoms with E-state index in [1.54, 1.807) is 18.2 Å². The lowest BCUT2D eigenvalue weighted by Gasteiger charge is -2.14. The Kier molecular flexibility index (Phi) is 6.71. The number of rotatable bonds is 8. The second kappa shape index (κ2) is 9.58. The number of aryl methyl sites for hydroxylation is 1. The Labute approximate surface area is 206 Å². The minimum atomic E-state index is -1.09. The maximum absolute atomic E-state index is 13.4. The van der Waals surface area contributed by atoms with E-state index < -0.39 is 22.8 Å². The zero-order valence-corrected chi connectivity index (χ0v) is 20.5. The number of carboxylic acid groups (broad SMARTS) is 1. The van der Waals surface area contributed by atoms with Gasteiger partial charge in [-0.3, -0.25) is 14.3 Å². The van der Waals surface area contributed by atoms with E-state index in [1.807, 2.05) is 45.0 Å². The van der Waals surface area contributed by atoms with Gasteiger partial charge in [0.25, 0.3) is 0 Å². The smallest absolute Gasteiger partial charge is 0.335 e. The zero-order chi connectivity index (χ0) is 25.3. The number of carboxylic acids is 1. The molecule has 0 saturated heterocycles. The van der Waals surface area contributed by atoms with Crippen LogP contribution in [0.2, 0.25) is 5.02 Å². The van der Waals surface area contributed by atoms with Crippen LogP contribution in [-0.4, -0.2) is 31.3 Å². The molecule has 10 heteroatoms. The first kappa shape index (κ1) is 24.5. The predicted octanol–water partition coefficient (Wildman–Crippen LogP) is 3.23. The summed E-state index contributed by atoms with van der Waals surface area (Å²) in [7, 11) is 0. The molecule has 1 aliphatic carbocycles. The van der Waals surface area contributed by atoms with E-state index in [0.29, 0.717) is 29.3 Å². The Morgan fingerprint density at radius 3 is 2.43 bits per heavy atom. The highest BCUT2D eigenvalue weighted by Crippen LogP contribution is 2.46. The minimum absolute atomic E-state index is 0.0330. The van der Waals surface area contributed by atoms with Crippen LogP contribution in [0.1, 0.15) is 37.8 Å². The molecule has 1 fully saturated rings. The zero-order valence-electron chi connectivity index (χ0n) is 19.7. The lowest BCUT2D eigenvalue weighted by Crippen LogP contribution is -2.51. The van der Waals surface area contributed by atoms with Crippen LogP contribution in [0.25, 0.3) is 0 Å². The number of aliphatic carboxylic acids is 1. The van der Waals surface area contributed by atoms with E-state index in [2.05, 4.69) is 9.98 Å². The predicted molar refractivity (Wildman–Crippen MR) is 131 cm³/mol. The molecular weight excluding hydrogens is 472 g/mol. The molecule has 0 spiro atoms. The molecule has 0 amide bonds. The molecule has 0 unspecified atom stereocenters. The summed E-state index contributed by atoms with van der Waals surface area (Å²) in [5, 5.41) is 9.90. The number of hydrogen-bond acceptors (Lipinski definition) is 5. The van der Waals surface area contributed by atoms with Crippen molar-refractivity contribution in [3.63, 3.8) is 0 Å². The monoisotopic (exact) mass is 498 g/mol. The lowest BCUT2D eigenvalue weighted by atomic mass is 10.1. The highest BCUT2D eigenvalue weighted by molar-refractivity contribution is 6.32. The van der Waals surface area contributed by atoms with Gasteiger partial charge in [-0.15, -0.1) is 0 Å². The Hall–Kier alpha value is -3.59. The third-order valence-corrected chi connectivity index (χ3v) is 6.22. The molecule has 4 rings (SSSR count). The van der Waals surface area contributed by atoms with Gasteiger partial charge in [0.05, 0.1) is 28.8 Å². The number of carbonyl (C=O) groups is 1. The summed E-state index contributed by atoms with van der Waals surface area (Å²) in [5.74, 6) is -0.513. The van der Waals surface area contributed by atoms with Crippen molar-refractivity contribution in [2.45, 2.75) is 52.8 Å². The third kappa shape index (κ3) is 5.40. The maximum Gasteiger partial charge on any atom is 0.335 e. The second-order valence-electron chi connectivity index (χ2n) is 9.17. The molecule has 1 heterocycles. The van der Waals surface area contributed by atoms with Crippen molar-refractivity contribution in [2.75, 3.05) is 0 Å². The summed E-state index contributed by atoms with van der Waals surface area (Å²) in [4.78, 5) is 45.1. The summed E-state index contributed by atoms with van der Waals surface area (Å²) in [6.07, 6.45) is 0.778. The molecule has 1 saturated carbocycles. The summed E-state index contributed by atoms with van der Waals surface area (Å²) in [5.41, 5.74) is -0.0920. The first-order chi connectivity index (χ1) is 16.6. The van der Waals surface area contributed by atoms with Crippen LogP contribution in [0.4, 0.5) is 5.69 Å². The SMILES string of the molecule is Cc1ccc(Cn2c(=O)n(CC3(C(=O)O)CC3)c(=O)[nH]/c2=N\c2ccc(OC(C)C)c(Cl)c2)cc1. The fraction of sp³-hybridized carbons (Fsp3) is 0.360. The number of ether oxygens (including phenoxy) is 1. The van der Waals surface area contributed by atoms with Crippen LogP contribution >= 0.6 is 11.6 Å². The Balaban J connectivity index is 1.83. The number of aromatic nitrogens is 3. The molecule has 2 aromatic carbocycles. The number of nitrogens with one attached hydrogen (secondary N) is 1. The normalized spacial score (nSPS) is 14.8. The maximum atomic E-state index is 13.4. The summed E-state index contributed by atoms with van der Waals surface area (Å²) >= 11 is 6.34. The number of halogens is 1. The van der Waals surface area contributed by atoms with E-state index in [9.17, 15) is 19.5 Å². The van der Waals surface area contributed by atoms with Gasteiger partial charge in [-0.25, -0.2) is 19.1 Å². The molecular formula is C25H27ClN4O5. The molecule has 184 valence electrons. The van der Waals surface area contributed by atoms with Gasteiger partial charge < -0.3 is 9.84 Å². The van der Waals surface area contributed by atoms with Gasteiger partial charge in [0.1, 0.15) is 5.75 Å². The van der Waals surface area contributed by atoms with Crippen molar-refractivity contribution >= 4 is 23.3 Å². The molecule has 0 aliphatic heterocycles. The van der Waals surface area contributed by atoms with Gasteiger partial charge in [-0.05, 0) is 57.4 Å². The lowest BCUT2D eigenvalue weighted by molar-refractivity contribution is -0.144. The third-order valence-electron chi connectivity index (χ3n) is 5.92. The Morgan fingerprint density at radius 2 is 1.86 bits per heavy atom. The fourth-order valence-corrected chi connectivity index (χ4v) is 3.94. The summed E-state index contributed by atoms with van der Waals surface area (Å²) in [6.45, 7) is 5.67. The molecule has 0 atom stereocenters. The van der Waals surface area contributed by atoms with Gasteiger partial charge in [0.2, 0.25) is 5.62 Å². The van der Waals surface area contributed by atoms with E-state index in [0.717, 1.165) is 15.7 Å². The Bertz CT molecular complexity index is 1450. The van der Waals surface area contributed by atoms with E-state index in [-0.39, 0.29) is 24.8 Å². The number of H-pyrrole nitrogens is 1. The van der Waals surface area contributed by atoms with Crippen LogP contribution in [-0.2, 0) is 17.9 Å². The van der Waals surface area contributed by atoms with E-state index >= 15 is 0 Å². The van der Waals surface area contributed by atoms with Gasteiger partial charge in [-0.1, -0.05) is 41.4 Å². The molecule has 0 radical (unpaired) electrons. The quantitative estimate of drug-likeness (QED) is 0.494. The van der Waals surface area contributed by atoms with E-state index in [4.69, 9.17) is 16.3 Å². The molecule has 2 N–H and O–H groups in total. The molecule has 3 aromatic rings. The first-order valence-electron chi connectivity index (χ1n) is 11.3. The number of benzene rings is 2.